The zero-order chi connectivity index (χ0) is 21.1. The second-order valence-electron chi connectivity index (χ2n) is 8.37. The van der Waals surface area contributed by atoms with Crippen LogP contribution in [0.1, 0.15) is 41.6 Å². The molecule has 158 valence electrons. The predicted octanol–water partition coefficient (Wildman–Crippen LogP) is 3.89. The third-order valence-corrected chi connectivity index (χ3v) is 6.34. The third kappa shape index (κ3) is 4.70. The van der Waals surface area contributed by atoms with Crippen LogP contribution in [-0.2, 0) is 6.54 Å². The Morgan fingerprint density at radius 3 is 2.37 bits per heavy atom. The minimum atomic E-state index is -0.146. The van der Waals surface area contributed by atoms with Crippen molar-refractivity contribution in [2.24, 2.45) is 5.41 Å². The van der Waals surface area contributed by atoms with Crippen LogP contribution in [0.25, 0.3) is 0 Å². The highest BCUT2D eigenvalue weighted by molar-refractivity contribution is 6.30. The highest BCUT2D eigenvalue weighted by atomic mass is 35.5. The molecule has 0 atom stereocenters. The van der Waals surface area contributed by atoms with E-state index in [9.17, 15) is 9.59 Å². The molecule has 0 unspecified atom stereocenters. The zero-order valence-corrected chi connectivity index (χ0v) is 17.7. The van der Waals surface area contributed by atoms with Crippen LogP contribution in [0.3, 0.4) is 0 Å². The van der Waals surface area contributed by atoms with Crippen molar-refractivity contribution in [1.29, 1.82) is 0 Å². The van der Waals surface area contributed by atoms with Gasteiger partial charge in [-0.1, -0.05) is 29.8 Å². The standard InChI is InChI=1S/C23H26ClN3O3/c1-30-20-4-2-3-16(9-20)21(28)26-18-10-23(11-18)12-19(13-23)27-22(29)25-14-15-5-7-17(24)8-6-15/h2-9,18-19H,10-14H2,1H3,(H,26,28)(H2,25,27,29). The van der Waals surface area contributed by atoms with E-state index in [-0.39, 0.29) is 29.4 Å². The van der Waals surface area contributed by atoms with Gasteiger partial charge in [0.25, 0.3) is 5.91 Å². The quantitative estimate of drug-likeness (QED) is 0.654. The van der Waals surface area contributed by atoms with Gasteiger partial charge < -0.3 is 20.7 Å². The molecule has 2 aromatic carbocycles. The Balaban J connectivity index is 1.15. The Morgan fingerprint density at radius 2 is 1.70 bits per heavy atom. The summed E-state index contributed by atoms with van der Waals surface area (Å²) in [4.78, 5) is 24.5. The number of urea groups is 1. The number of rotatable bonds is 6. The molecule has 2 fully saturated rings. The van der Waals surface area contributed by atoms with Gasteiger partial charge in [0.15, 0.2) is 0 Å². The lowest BCUT2D eigenvalue weighted by Crippen LogP contribution is -2.61. The largest absolute Gasteiger partial charge is 0.497 e. The van der Waals surface area contributed by atoms with Crippen molar-refractivity contribution in [3.63, 3.8) is 0 Å². The summed E-state index contributed by atoms with van der Waals surface area (Å²) in [5.41, 5.74) is 1.88. The Morgan fingerprint density at radius 1 is 1.03 bits per heavy atom. The molecule has 0 aliphatic heterocycles. The number of benzene rings is 2. The zero-order valence-electron chi connectivity index (χ0n) is 16.9. The van der Waals surface area contributed by atoms with Crippen LogP contribution >= 0.6 is 11.6 Å². The molecular weight excluding hydrogens is 402 g/mol. The molecule has 2 aliphatic rings. The van der Waals surface area contributed by atoms with Crippen LogP contribution in [0.15, 0.2) is 48.5 Å². The van der Waals surface area contributed by atoms with Crippen LogP contribution in [0.5, 0.6) is 5.75 Å². The summed E-state index contributed by atoms with van der Waals surface area (Å²) in [5, 5.41) is 9.70. The number of ether oxygens (including phenoxy) is 1. The van der Waals surface area contributed by atoms with E-state index < -0.39 is 0 Å². The normalized spacial score (nSPS) is 24.3. The molecule has 2 aromatic rings. The summed E-state index contributed by atoms with van der Waals surface area (Å²) in [6.45, 7) is 0.471. The van der Waals surface area contributed by atoms with Crippen molar-refractivity contribution in [2.75, 3.05) is 7.11 Å². The summed E-state index contributed by atoms with van der Waals surface area (Å²) < 4.78 is 5.18. The fourth-order valence-corrected chi connectivity index (χ4v) is 4.69. The van der Waals surface area contributed by atoms with Gasteiger partial charge in [-0.2, -0.15) is 0 Å². The molecule has 6 nitrogen and oxygen atoms in total. The highest BCUT2D eigenvalue weighted by Crippen LogP contribution is 2.55. The number of hydrogen-bond acceptors (Lipinski definition) is 3. The second kappa shape index (κ2) is 8.56. The first-order valence-corrected chi connectivity index (χ1v) is 10.6. The predicted molar refractivity (Wildman–Crippen MR) is 116 cm³/mol. The molecule has 3 N–H and O–H groups in total. The first-order valence-electron chi connectivity index (χ1n) is 10.2. The van der Waals surface area contributed by atoms with Gasteiger partial charge in [0, 0.05) is 29.2 Å². The number of carbonyl (C=O) groups excluding carboxylic acids is 2. The van der Waals surface area contributed by atoms with Gasteiger partial charge in [-0.05, 0) is 67.0 Å². The number of amides is 3. The van der Waals surface area contributed by atoms with Crippen LogP contribution in [-0.4, -0.2) is 31.1 Å². The Kier molecular flexibility index (Phi) is 5.86. The third-order valence-electron chi connectivity index (χ3n) is 6.09. The van der Waals surface area contributed by atoms with Crippen LogP contribution in [0.4, 0.5) is 4.79 Å². The van der Waals surface area contributed by atoms with E-state index in [0.29, 0.717) is 22.9 Å². The van der Waals surface area contributed by atoms with Crippen LogP contribution in [0.2, 0.25) is 5.02 Å². The van der Waals surface area contributed by atoms with E-state index in [4.69, 9.17) is 16.3 Å². The van der Waals surface area contributed by atoms with E-state index >= 15 is 0 Å². The number of methoxy groups -OCH3 is 1. The van der Waals surface area contributed by atoms with Crippen molar-refractivity contribution in [1.82, 2.24) is 16.0 Å². The molecule has 1 spiro atoms. The summed E-state index contributed by atoms with van der Waals surface area (Å²) in [6.07, 6.45) is 3.86. The maximum absolute atomic E-state index is 12.4. The number of nitrogens with one attached hydrogen (secondary N) is 3. The number of halogens is 1. The Bertz CT molecular complexity index is 918. The van der Waals surface area contributed by atoms with E-state index in [1.165, 1.54) is 0 Å². The average Bonchev–Trinajstić information content (AvgIpc) is 2.70. The van der Waals surface area contributed by atoms with Gasteiger partial charge in [-0.3, -0.25) is 4.79 Å². The molecule has 30 heavy (non-hydrogen) atoms. The number of carbonyl (C=O) groups is 2. The van der Waals surface area contributed by atoms with Gasteiger partial charge in [0.05, 0.1) is 7.11 Å². The average molecular weight is 428 g/mol. The molecule has 7 heteroatoms. The van der Waals surface area contributed by atoms with Crippen molar-refractivity contribution in [2.45, 2.75) is 44.3 Å². The Labute approximate surface area is 181 Å². The fraction of sp³-hybridized carbons (Fsp3) is 0.391. The minimum absolute atomic E-state index is 0.0654. The first kappa shape index (κ1) is 20.5. The van der Waals surface area contributed by atoms with Crippen LogP contribution in [0, 0.1) is 5.41 Å². The fourth-order valence-electron chi connectivity index (χ4n) is 4.56. The summed E-state index contributed by atoms with van der Waals surface area (Å²) in [6, 6.07) is 14.8. The number of hydrogen-bond donors (Lipinski definition) is 3. The maximum atomic E-state index is 12.4. The molecular formula is C23H26ClN3O3. The summed E-state index contributed by atoms with van der Waals surface area (Å²) in [7, 11) is 1.59. The van der Waals surface area contributed by atoms with Crippen molar-refractivity contribution in [3.05, 3.63) is 64.7 Å². The van der Waals surface area contributed by atoms with Gasteiger partial charge in [0.2, 0.25) is 0 Å². The van der Waals surface area contributed by atoms with E-state index in [1.807, 2.05) is 36.4 Å². The monoisotopic (exact) mass is 427 g/mol. The molecule has 4 rings (SSSR count). The van der Waals surface area contributed by atoms with Crippen LogP contribution < -0.4 is 20.7 Å². The lowest BCUT2D eigenvalue weighted by Gasteiger charge is -2.57. The van der Waals surface area contributed by atoms with Gasteiger partial charge in [-0.15, -0.1) is 0 Å². The first-order chi connectivity index (χ1) is 14.4. The minimum Gasteiger partial charge on any atom is -0.497 e. The molecule has 0 radical (unpaired) electrons. The van der Waals surface area contributed by atoms with E-state index in [0.717, 1.165) is 31.2 Å². The summed E-state index contributed by atoms with van der Waals surface area (Å²) in [5.74, 6) is 0.610. The Hall–Kier alpha value is -2.73. The molecule has 2 aliphatic carbocycles. The van der Waals surface area contributed by atoms with Gasteiger partial charge >= 0.3 is 6.03 Å². The molecule has 0 saturated heterocycles. The maximum Gasteiger partial charge on any atom is 0.315 e. The SMILES string of the molecule is COc1cccc(C(=O)NC2CC3(CC(NC(=O)NCc4ccc(Cl)cc4)C3)C2)c1. The summed E-state index contributed by atoms with van der Waals surface area (Å²) >= 11 is 5.87. The molecule has 2 saturated carbocycles. The molecule has 0 aromatic heterocycles. The van der Waals surface area contributed by atoms with Gasteiger partial charge in [0.1, 0.15) is 5.75 Å². The topological polar surface area (TPSA) is 79.5 Å². The molecule has 3 amide bonds. The smallest absolute Gasteiger partial charge is 0.315 e. The molecule has 0 bridgehead atoms. The van der Waals surface area contributed by atoms with Crippen molar-refractivity contribution < 1.29 is 14.3 Å². The van der Waals surface area contributed by atoms with E-state index in [1.54, 1.807) is 19.2 Å². The molecule has 0 heterocycles. The van der Waals surface area contributed by atoms with Crippen molar-refractivity contribution >= 4 is 23.5 Å². The van der Waals surface area contributed by atoms with Gasteiger partial charge in [-0.25, -0.2) is 4.79 Å². The second-order valence-corrected chi connectivity index (χ2v) is 8.81. The van der Waals surface area contributed by atoms with Crippen molar-refractivity contribution in [3.8, 4) is 5.75 Å². The lowest BCUT2D eigenvalue weighted by molar-refractivity contribution is -0.0236. The lowest BCUT2D eigenvalue weighted by atomic mass is 9.52. The van der Waals surface area contributed by atoms with E-state index in [2.05, 4.69) is 16.0 Å². The highest BCUT2D eigenvalue weighted by Gasteiger charge is 2.53.